The zero-order chi connectivity index (χ0) is 14.1. The summed E-state index contributed by atoms with van der Waals surface area (Å²) in [6.45, 7) is 6.63. The van der Waals surface area contributed by atoms with E-state index in [0.29, 0.717) is 19.6 Å². The number of nitrogens with one attached hydrogen (secondary N) is 2. The van der Waals surface area contributed by atoms with Gasteiger partial charge in [0.15, 0.2) is 0 Å². The average Bonchev–Trinajstić information content (AvgIpc) is 2.32. The minimum absolute atomic E-state index is 0.107. The van der Waals surface area contributed by atoms with Gasteiger partial charge in [0.05, 0.1) is 6.61 Å². The van der Waals surface area contributed by atoms with Gasteiger partial charge in [-0.3, -0.25) is 0 Å². The van der Waals surface area contributed by atoms with Gasteiger partial charge in [-0.25, -0.2) is 9.59 Å². The number of rotatable bonds is 8. The van der Waals surface area contributed by atoms with Crippen LogP contribution < -0.4 is 10.6 Å². The van der Waals surface area contributed by atoms with Crippen molar-refractivity contribution in [2.45, 2.75) is 33.2 Å². The van der Waals surface area contributed by atoms with Crippen LogP contribution in [-0.4, -0.2) is 43.4 Å². The quantitative estimate of drug-likeness (QED) is 0.609. The van der Waals surface area contributed by atoms with Crippen LogP contribution in [0.5, 0.6) is 0 Å². The van der Waals surface area contributed by atoms with E-state index in [1.54, 1.807) is 14.0 Å². The Morgan fingerprint density at radius 2 is 1.94 bits per heavy atom. The SMILES string of the molecule is CCC(C)[C@H](NC(=O)NCC(C)COC)C(=O)O. The van der Waals surface area contributed by atoms with Gasteiger partial charge >= 0.3 is 12.0 Å². The highest BCUT2D eigenvalue weighted by Crippen LogP contribution is 2.07. The third-order valence-corrected chi connectivity index (χ3v) is 2.83. The Balaban J connectivity index is 4.14. The Morgan fingerprint density at radius 3 is 2.39 bits per heavy atom. The molecule has 0 rings (SSSR count). The molecule has 2 unspecified atom stereocenters. The first kappa shape index (κ1) is 16.7. The molecule has 0 fully saturated rings. The third kappa shape index (κ3) is 6.44. The second-order valence-corrected chi connectivity index (χ2v) is 4.62. The fourth-order valence-electron chi connectivity index (χ4n) is 1.49. The number of carbonyl (C=O) groups excluding carboxylic acids is 1. The molecule has 3 N–H and O–H groups in total. The summed E-state index contributed by atoms with van der Waals surface area (Å²) in [6, 6.07) is -1.31. The molecule has 0 saturated heterocycles. The van der Waals surface area contributed by atoms with Gasteiger partial charge in [-0.1, -0.05) is 27.2 Å². The molecule has 0 aromatic heterocycles. The summed E-state index contributed by atoms with van der Waals surface area (Å²) in [6.07, 6.45) is 0.692. The molecular weight excluding hydrogens is 236 g/mol. The van der Waals surface area contributed by atoms with Crippen molar-refractivity contribution in [2.24, 2.45) is 11.8 Å². The predicted molar refractivity (Wildman–Crippen MR) is 68.5 cm³/mol. The molecule has 2 amide bonds. The van der Waals surface area contributed by atoms with E-state index in [1.807, 2.05) is 13.8 Å². The summed E-state index contributed by atoms with van der Waals surface area (Å²) in [5.74, 6) is -0.929. The van der Waals surface area contributed by atoms with Crippen molar-refractivity contribution in [3.63, 3.8) is 0 Å². The maximum Gasteiger partial charge on any atom is 0.326 e. The van der Waals surface area contributed by atoms with Gasteiger partial charge in [0.2, 0.25) is 0 Å². The number of urea groups is 1. The van der Waals surface area contributed by atoms with Crippen LogP contribution in [0.4, 0.5) is 4.79 Å². The Labute approximate surface area is 108 Å². The van der Waals surface area contributed by atoms with E-state index in [9.17, 15) is 9.59 Å². The molecule has 0 spiro atoms. The van der Waals surface area contributed by atoms with Gasteiger partial charge in [0, 0.05) is 13.7 Å². The first-order chi connectivity index (χ1) is 8.42. The molecule has 0 aromatic rings. The number of carboxylic acids is 1. The van der Waals surface area contributed by atoms with Gasteiger partial charge in [0.1, 0.15) is 6.04 Å². The summed E-state index contributed by atoms with van der Waals surface area (Å²) in [5, 5.41) is 14.1. The lowest BCUT2D eigenvalue weighted by atomic mass is 9.99. The van der Waals surface area contributed by atoms with Crippen LogP contribution in [0, 0.1) is 11.8 Å². The molecule has 0 saturated carbocycles. The minimum atomic E-state index is -1.01. The van der Waals surface area contributed by atoms with Crippen LogP contribution in [0.1, 0.15) is 27.2 Å². The van der Waals surface area contributed by atoms with E-state index in [1.165, 1.54) is 0 Å². The third-order valence-electron chi connectivity index (χ3n) is 2.83. The first-order valence-electron chi connectivity index (χ1n) is 6.18. The molecule has 106 valence electrons. The molecule has 0 radical (unpaired) electrons. The smallest absolute Gasteiger partial charge is 0.326 e. The van der Waals surface area contributed by atoms with Gasteiger partial charge in [-0.05, 0) is 11.8 Å². The number of hydrogen-bond donors (Lipinski definition) is 3. The summed E-state index contributed by atoms with van der Waals surface area (Å²) < 4.78 is 4.95. The Hall–Kier alpha value is -1.30. The highest BCUT2D eigenvalue weighted by atomic mass is 16.5. The Bertz CT molecular complexity index is 271. The largest absolute Gasteiger partial charge is 0.480 e. The lowest BCUT2D eigenvalue weighted by molar-refractivity contribution is -0.140. The van der Waals surface area contributed by atoms with E-state index in [0.717, 1.165) is 0 Å². The molecule has 0 aliphatic rings. The molecule has 6 nitrogen and oxygen atoms in total. The number of carbonyl (C=O) groups is 2. The second kappa shape index (κ2) is 8.74. The number of ether oxygens (including phenoxy) is 1. The second-order valence-electron chi connectivity index (χ2n) is 4.62. The van der Waals surface area contributed by atoms with Crippen molar-refractivity contribution < 1.29 is 19.4 Å². The molecule has 0 heterocycles. The Morgan fingerprint density at radius 1 is 1.33 bits per heavy atom. The van der Waals surface area contributed by atoms with Crippen LogP contribution in [-0.2, 0) is 9.53 Å². The van der Waals surface area contributed by atoms with Crippen molar-refractivity contribution in [1.82, 2.24) is 10.6 Å². The summed E-state index contributed by atoms with van der Waals surface area (Å²) >= 11 is 0. The van der Waals surface area contributed by atoms with Gasteiger partial charge < -0.3 is 20.5 Å². The molecule has 3 atom stereocenters. The van der Waals surface area contributed by atoms with Crippen LogP contribution >= 0.6 is 0 Å². The molecule has 0 bridgehead atoms. The molecule has 18 heavy (non-hydrogen) atoms. The van der Waals surface area contributed by atoms with E-state index >= 15 is 0 Å². The predicted octanol–water partition coefficient (Wildman–Crippen LogP) is 1.07. The van der Waals surface area contributed by atoms with Crippen molar-refractivity contribution in [2.75, 3.05) is 20.3 Å². The van der Waals surface area contributed by atoms with Gasteiger partial charge in [0.25, 0.3) is 0 Å². The monoisotopic (exact) mass is 260 g/mol. The molecule has 0 aliphatic heterocycles. The maximum atomic E-state index is 11.6. The van der Waals surface area contributed by atoms with Crippen molar-refractivity contribution >= 4 is 12.0 Å². The standard InChI is InChI=1S/C12H24N2O4/c1-5-9(3)10(11(15)16)14-12(17)13-6-8(2)7-18-4/h8-10H,5-7H2,1-4H3,(H,15,16)(H2,13,14,17)/t8?,9?,10-/m0/s1. The van der Waals surface area contributed by atoms with Crippen molar-refractivity contribution in [1.29, 1.82) is 0 Å². The van der Waals surface area contributed by atoms with Crippen LogP contribution in [0.25, 0.3) is 0 Å². The van der Waals surface area contributed by atoms with Gasteiger partial charge in [-0.2, -0.15) is 0 Å². The zero-order valence-electron chi connectivity index (χ0n) is 11.5. The lowest BCUT2D eigenvalue weighted by Gasteiger charge is -2.21. The van der Waals surface area contributed by atoms with Crippen LogP contribution in [0.2, 0.25) is 0 Å². The number of hydrogen-bond acceptors (Lipinski definition) is 3. The minimum Gasteiger partial charge on any atom is -0.480 e. The zero-order valence-corrected chi connectivity index (χ0v) is 11.5. The lowest BCUT2D eigenvalue weighted by Crippen LogP contribution is -2.49. The van der Waals surface area contributed by atoms with Crippen molar-refractivity contribution in [3.8, 4) is 0 Å². The van der Waals surface area contributed by atoms with E-state index in [4.69, 9.17) is 9.84 Å². The van der Waals surface area contributed by atoms with E-state index in [-0.39, 0.29) is 11.8 Å². The molecule has 0 aromatic carbocycles. The number of amides is 2. The Kier molecular flexibility index (Phi) is 8.11. The summed E-state index contributed by atoms with van der Waals surface area (Å²) in [7, 11) is 1.60. The number of aliphatic carboxylic acids is 1. The normalized spacial score (nSPS) is 15.6. The van der Waals surface area contributed by atoms with E-state index in [2.05, 4.69) is 10.6 Å². The van der Waals surface area contributed by atoms with E-state index < -0.39 is 18.0 Å². The fraction of sp³-hybridized carbons (Fsp3) is 0.833. The number of methoxy groups -OCH3 is 1. The summed E-state index contributed by atoms with van der Waals surface area (Å²) in [4.78, 5) is 22.6. The van der Waals surface area contributed by atoms with Crippen LogP contribution in [0.15, 0.2) is 0 Å². The summed E-state index contributed by atoms with van der Waals surface area (Å²) in [5.41, 5.74) is 0. The van der Waals surface area contributed by atoms with Crippen LogP contribution in [0.3, 0.4) is 0 Å². The highest BCUT2D eigenvalue weighted by molar-refractivity contribution is 5.82. The maximum absolute atomic E-state index is 11.6. The first-order valence-corrected chi connectivity index (χ1v) is 6.18. The molecular formula is C12H24N2O4. The fourth-order valence-corrected chi connectivity index (χ4v) is 1.49. The molecule has 0 aliphatic carbocycles. The molecule has 6 heteroatoms. The highest BCUT2D eigenvalue weighted by Gasteiger charge is 2.25. The number of carboxylic acid groups (broad SMARTS) is 1. The average molecular weight is 260 g/mol. The van der Waals surface area contributed by atoms with Gasteiger partial charge in [-0.15, -0.1) is 0 Å². The van der Waals surface area contributed by atoms with Crippen molar-refractivity contribution in [3.05, 3.63) is 0 Å². The topological polar surface area (TPSA) is 87.7 Å².